The second-order valence-electron chi connectivity index (χ2n) is 10.4. The number of rotatable bonds is 7. The molecule has 1 aliphatic carbocycles. The van der Waals surface area contributed by atoms with Gasteiger partial charge in [-0.2, -0.15) is 5.26 Å². The number of hydrogen-bond donors (Lipinski definition) is 2. The molecule has 2 amide bonds. The van der Waals surface area contributed by atoms with Gasteiger partial charge in [0.25, 0.3) is 11.8 Å². The van der Waals surface area contributed by atoms with Gasteiger partial charge in [0.2, 0.25) is 0 Å². The first-order chi connectivity index (χ1) is 19.2. The Labute approximate surface area is 232 Å². The summed E-state index contributed by atoms with van der Waals surface area (Å²) in [7, 11) is 1.56. The van der Waals surface area contributed by atoms with Crippen LogP contribution in [0.15, 0.2) is 60.9 Å². The smallest absolute Gasteiger partial charge is 0.269 e. The first kappa shape index (κ1) is 26.6. The van der Waals surface area contributed by atoms with E-state index in [2.05, 4.69) is 26.7 Å². The Morgan fingerprint density at radius 3 is 2.48 bits per heavy atom. The molecular weight excluding hydrogens is 502 g/mol. The fourth-order valence-electron chi connectivity index (χ4n) is 4.29. The minimum atomic E-state index is -0.812. The maximum atomic E-state index is 13.1. The molecule has 2 N–H and O–H groups in total. The molecule has 3 aromatic heterocycles. The Bertz CT molecular complexity index is 1670. The van der Waals surface area contributed by atoms with Crippen LogP contribution in [0.3, 0.4) is 0 Å². The molecular formula is C31H29N7O2. The van der Waals surface area contributed by atoms with Crippen molar-refractivity contribution in [1.82, 2.24) is 25.3 Å². The minimum Gasteiger partial charge on any atom is -0.354 e. The van der Waals surface area contributed by atoms with Gasteiger partial charge in [-0.3, -0.25) is 19.6 Å². The van der Waals surface area contributed by atoms with Crippen LogP contribution in [0.4, 0.5) is 5.69 Å². The Hall–Kier alpha value is -4.97. The number of carbonyl (C=O) groups is 2. The van der Waals surface area contributed by atoms with E-state index in [1.165, 1.54) is 0 Å². The van der Waals surface area contributed by atoms with Gasteiger partial charge in [0, 0.05) is 53.4 Å². The van der Waals surface area contributed by atoms with Crippen LogP contribution < -0.4 is 10.6 Å². The van der Waals surface area contributed by atoms with Crippen molar-refractivity contribution in [3.05, 3.63) is 89.1 Å². The second kappa shape index (κ2) is 10.7. The molecule has 5 rings (SSSR count). The molecule has 0 spiro atoms. The van der Waals surface area contributed by atoms with Crippen LogP contribution in [-0.2, 0) is 5.41 Å². The standard InChI is InChI=1S/C31H29N7O2/c1-18-5-8-22(36-29(39)21-10-12-35-27(14-21)31(2,3)17-32)15-23(18)25-16-24(19-6-7-19)37-28(38-25)20-9-11-34-26(13-20)30(40)33-4/h5,8-16,19H,6-7H2,1-4H3,(H,33,40)(H,36,39). The fraction of sp³-hybridized carbons (Fsp3) is 0.258. The largest absolute Gasteiger partial charge is 0.354 e. The van der Waals surface area contributed by atoms with E-state index in [4.69, 9.17) is 9.97 Å². The number of aryl methyl sites for hydroxylation is 1. The van der Waals surface area contributed by atoms with Gasteiger partial charge < -0.3 is 10.6 Å². The highest BCUT2D eigenvalue weighted by Crippen LogP contribution is 2.41. The van der Waals surface area contributed by atoms with Crippen molar-refractivity contribution in [3.8, 4) is 28.7 Å². The van der Waals surface area contributed by atoms with Crippen LogP contribution in [0.25, 0.3) is 22.6 Å². The lowest BCUT2D eigenvalue weighted by Gasteiger charge is -2.15. The number of anilines is 1. The summed E-state index contributed by atoms with van der Waals surface area (Å²) in [5.74, 6) is 0.317. The molecule has 1 saturated carbocycles. The Balaban J connectivity index is 1.49. The molecule has 0 aliphatic heterocycles. The van der Waals surface area contributed by atoms with Gasteiger partial charge in [-0.1, -0.05) is 6.07 Å². The Kier molecular flexibility index (Phi) is 7.09. The molecule has 9 heteroatoms. The summed E-state index contributed by atoms with van der Waals surface area (Å²) < 4.78 is 0. The zero-order valence-electron chi connectivity index (χ0n) is 22.8. The number of nitrogens with zero attached hydrogens (tertiary/aromatic N) is 5. The van der Waals surface area contributed by atoms with Gasteiger partial charge in [0.1, 0.15) is 5.69 Å². The van der Waals surface area contributed by atoms with Gasteiger partial charge >= 0.3 is 0 Å². The quantitative estimate of drug-likeness (QED) is 0.335. The number of hydrogen-bond acceptors (Lipinski definition) is 7. The van der Waals surface area contributed by atoms with Crippen molar-refractivity contribution < 1.29 is 9.59 Å². The third-order valence-corrected chi connectivity index (χ3v) is 6.93. The maximum Gasteiger partial charge on any atom is 0.269 e. The van der Waals surface area contributed by atoms with E-state index in [0.29, 0.717) is 39.9 Å². The predicted molar refractivity (Wildman–Crippen MR) is 152 cm³/mol. The summed E-state index contributed by atoms with van der Waals surface area (Å²) in [6.07, 6.45) is 5.26. The molecule has 0 unspecified atom stereocenters. The predicted octanol–water partition coefficient (Wildman–Crippen LogP) is 5.20. The zero-order chi connectivity index (χ0) is 28.4. The van der Waals surface area contributed by atoms with Gasteiger partial charge in [-0.05, 0) is 81.6 Å². The Morgan fingerprint density at radius 2 is 1.75 bits per heavy atom. The summed E-state index contributed by atoms with van der Waals surface area (Å²) in [5.41, 5.74) is 5.29. The maximum absolute atomic E-state index is 13.1. The van der Waals surface area contributed by atoms with Gasteiger partial charge in [0.15, 0.2) is 5.82 Å². The number of carbonyl (C=O) groups excluding carboxylic acids is 2. The average Bonchev–Trinajstić information content (AvgIpc) is 3.83. The van der Waals surface area contributed by atoms with Crippen LogP contribution in [-0.4, -0.2) is 38.8 Å². The first-order valence-corrected chi connectivity index (χ1v) is 13.1. The van der Waals surface area contributed by atoms with E-state index in [9.17, 15) is 14.9 Å². The van der Waals surface area contributed by atoms with E-state index >= 15 is 0 Å². The lowest BCUT2D eigenvalue weighted by atomic mass is 9.90. The number of nitriles is 1. The highest BCUT2D eigenvalue weighted by Gasteiger charge is 2.27. The molecule has 1 fully saturated rings. The van der Waals surface area contributed by atoms with E-state index in [1.807, 2.05) is 31.2 Å². The summed E-state index contributed by atoms with van der Waals surface area (Å²) in [4.78, 5) is 43.4. The second-order valence-corrected chi connectivity index (χ2v) is 10.4. The molecule has 40 heavy (non-hydrogen) atoms. The van der Waals surface area contributed by atoms with Gasteiger partial charge in [-0.15, -0.1) is 0 Å². The van der Waals surface area contributed by atoms with Crippen molar-refractivity contribution in [2.24, 2.45) is 0 Å². The summed E-state index contributed by atoms with van der Waals surface area (Å²) >= 11 is 0. The van der Waals surface area contributed by atoms with E-state index in [1.54, 1.807) is 57.6 Å². The average molecular weight is 532 g/mol. The number of aromatic nitrogens is 4. The van der Waals surface area contributed by atoms with Gasteiger partial charge in [0.05, 0.1) is 22.9 Å². The van der Waals surface area contributed by atoms with Crippen molar-refractivity contribution >= 4 is 17.5 Å². The molecule has 200 valence electrons. The highest BCUT2D eigenvalue weighted by atomic mass is 16.2. The van der Waals surface area contributed by atoms with Crippen LogP contribution in [0.1, 0.15) is 70.4 Å². The Morgan fingerprint density at radius 1 is 0.975 bits per heavy atom. The highest BCUT2D eigenvalue weighted by molar-refractivity contribution is 6.04. The fourth-order valence-corrected chi connectivity index (χ4v) is 4.29. The number of pyridine rings is 2. The van der Waals surface area contributed by atoms with E-state index in [-0.39, 0.29) is 11.8 Å². The molecule has 0 bridgehead atoms. The lowest BCUT2D eigenvalue weighted by Crippen LogP contribution is -2.19. The van der Waals surface area contributed by atoms with Crippen LogP contribution in [0.5, 0.6) is 0 Å². The van der Waals surface area contributed by atoms with E-state index < -0.39 is 5.41 Å². The molecule has 4 aromatic rings. The van der Waals surface area contributed by atoms with E-state index in [0.717, 1.165) is 35.4 Å². The van der Waals surface area contributed by atoms with Crippen molar-refractivity contribution in [2.75, 3.05) is 12.4 Å². The molecule has 0 saturated heterocycles. The molecule has 0 radical (unpaired) electrons. The monoisotopic (exact) mass is 531 g/mol. The third-order valence-electron chi connectivity index (χ3n) is 6.93. The van der Waals surface area contributed by atoms with Crippen LogP contribution >= 0.6 is 0 Å². The molecule has 9 nitrogen and oxygen atoms in total. The number of benzene rings is 1. The van der Waals surface area contributed by atoms with Crippen LogP contribution in [0.2, 0.25) is 0 Å². The SMILES string of the molecule is CNC(=O)c1cc(-c2nc(-c3cc(NC(=O)c4ccnc(C(C)(C)C#N)c4)ccc3C)cc(C3CC3)n2)ccn1. The normalized spacial score (nSPS) is 12.9. The van der Waals surface area contributed by atoms with Crippen LogP contribution in [0, 0.1) is 18.3 Å². The van der Waals surface area contributed by atoms with Crippen molar-refractivity contribution in [3.63, 3.8) is 0 Å². The summed E-state index contributed by atoms with van der Waals surface area (Å²) in [6.45, 7) is 5.52. The molecule has 3 heterocycles. The number of amides is 2. The molecule has 0 atom stereocenters. The molecule has 1 aromatic carbocycles. The third kappa shape index (κ3) is 5.57. The lowest BCUT2D eigenvalue weighted by molar-refractivity contribution is 0.0957. The zero-order valence-corrected chi connectivity index (χ0v) is 22.8. The topological polar surface area (TPSA) is 134 Å². The van der Waals surface area contributed by atoms with Gasteiger partial charge in [-0.25, -0.2) is 9.97 Å². The molecule has 1 aliphatic rings. The van der Waals surface area contributed by atoms with Crippen molar-refractivity contribution in [1.29, 1.82) is 5.26 Å². The first-order valence-electron chi connectivity index (χ1n) is 13.1. The minimum absolute atomic E-state index is 0.280. The number of nitrogens with one attached hydrogen (secondary N) is 2. The summed E-state index contributed by atoms with van der Waals surface area (Å²) in [5, 5.41) is 15.0. The summed E-state index contributed by atoms with van der Waals surface area (Å²) in [6, 6.07) is 16.7. The van der Waals surface area contributed by atoms with Crippen molar-refractivity contribution in [2.45, 2.75) is 44.9 Å².